The number of nitrogens with zero attached hydrogens (tertiary/aromatic N) is 1. The van der Waals surface area contributed by atoms with Gasteiger partial charge in [0.2, 0.25) is 5.91 Å². The molecule has 4 N–H and O–H groups in total. The van der Waals surface area contributed by atoms with Gasteiger partial charge >= 0.3 is 5.97 Å². The van der Waals surface area contributed by atoms with E-state index in [9.17, 15) is 29.7 Å². The number of benzene rings is 1. The number of ether oxygens (including phenoxy) is 5. The van der Waals surface area contributed by atoms with Crippen molar-refractivity contribution in [1.29, 1.82) is 0 Å². The van der Waals surface area contributed by atoms with E-state index in [0.29, 0.717) is 6.42 Å². The summed E-state index contributed by atoms with van der Waals surface area (Å²) in [6, 6.07) is 9.12. The SMILES string of the molecule is CC[C@H]1OC(=O)[C@H](C)[C@@H](OCC(=O)NCc2ccccc2)[C@H](C)[C@@H](O[C@@H]2O[C@H](C)C[C@H](N(C)C)[C@H]2O)[C@@](C)(OC)C[C@@H](C)C(=O)[C@H](C)[C@@H](O)[C@]1(C)O. The number of ketones is 1. The number of likely N-dealkylation sites (N-methyl/N-ethyl adjacent to an activating group) is 1. The minimum Gasteiger partial charge on any atom is -0.459 e. The molecule has 13 heteroatoms. The van der Waals surface area contributed by atoms with Crippen LogP contribution in [0.25, 0.3) is 0 Å². The molecule has 0 aliphatic carbocycles. The standard InChI is InChI=1S/C39H64N2O11/c1-12-29-39(8,47)34(45)24(4)31(43)22(2)19-38(7,48-11)35(52-37-32(44)28(41(9)10)18-23(3)50-37)25(5)33(26(6)36(46)51-29)49-21-30(42)40-20-27-16-14-13-15-17-27/h13-17,22-26,28-29,32-35,37,44-45,47H,12,18-21H2,1-11H3,(H,40,42)/t22-,23-,24+,25+,26-,28+,29-,32-,33+,34-,35-,37+,38+,39-/m1/s1. The van der Waals surface area contributed by atoms with Gasteiger partial charge < -0.3 is 49.2 Å². The molecule has 0 bridgehead atoms. The quantitative estimate of drug-likeness (QED) is 0.259. The zero-order valence-electron chi connectivity index (χ0n) is 32.9. The van der Waals surface area contributed by atoms with Crippen molar-refractivity contribution in [2.24, 2.45) is 23.7 Å². The van der Waals surface area contributed by atoms with E-state index in [-0.39, 0.29) is 37.3 Å². The molecule has 0 spiro atoms. The van der Waals surface area contributed by atoms with Crippen LogP contribution in [0.3, 0.4) is 0 Å². The van der Waals surface area contributed by atoms with Crippen LogP contribution in [0.1, 0.15) is 80.2 Å². The molecular weight excluding hydrogens is 672 g/mol. The normalized spacial score (nSPS) is 39.8. The van der Waals surface area contributed by atoms with E-state index in [4.69, 9.17) is 23.7 Å². The molecule has 2 heterocycles. The largest absolute Gasteiger partial charge is 0.459 e. The number of nitrogens with one attached hydrogen (secondary N) is 1. The average molecular weight is 737 g/mol. The molecule has 2 aliphatic rings. The van der Waals surface area contributed by atoms with Gasteiger partial charge in [0.05, 0.1) is 35.9 Å². The second-order valence-electron chi connectivity index (χ2n) is 15.6. The Bertz CT molecular complexity index is 1310. The first-order valence-corrected chi connectivity index (χ1v) is 18.6. The molecule has 2 fully saturated rings. The molecule has 0 radical (unpaired) electrons. The van der Waals surface area contributed by atoms with E-state index in [0.717, 1.165) is 5.56 Å². The summed E-state index contributed by atoms with van der Waals surface area (Å²) in [5, 5.41) is 37.3. The van der Waals surface area contributed by atoms with Crippen LogP contribution in [0.4, 0.5) is 0 Å². The van der Waals surface area contributed by atoms with E-state index < -0.39 is 90.2 Å². The highest BCUT2D eigenvalue weighted by molar-refractivity contribution is 5.83. The van der Waals surface area contributed by atoms with Gasteiger partial charge in [-0.15, -0.1) is 0 Å². The minimum absolute atomic E-state index is 0.104. The van der Waals surface area contributed by atoms with Crippen molar-refractivity contribution >= 4 is 17.7 Å². The first-order chi connectivity index (χ1) is 24.3. The predicted octanol–water partition coefficient (Wildman–Crippen LogP) is 2.86. The number of aliphatic hydroxyl groups is 3. The molecule has 0 unspecified atom stereocenters. The van der Waals surface area contributed by atoms with Crippen molar-refractivity contribution in [2.75, 3.05) is 27.8 Å². The first kappa shape index (κ1) is 43.9. The maximum absolute atomic E-state index is 14.0. The Balaban J connectivity index is 2.11. The van der Waals surface area contributed by atoms with Gasteiger partial charge in [-0.3, -0.25) is 14.4 Å². The van der Waals surface area contributed by atoms with Gasteiger partial charge in [0.25, 0.3) is 0 Å². The highest BCUT2D eigenvalue weighted by atomic mass is 16.7. The number of hydrogen-bond donors (Lipinski definition) is 4. The Morgan fingerprint density at radius 2 is 1.67 bits per heavy atom. The lowest BCUT2D eigenvalue weighted by molar-refractivity contribution is -0.302. The zero-order valence-corrected chi connectivity index (χ0v) is 32.9. The summed E-state index contributed by atoms with van der Waals surface area (Å²) in [6.45, 7) is 13.3. The second-order valence-corrected chi connectivity index (χ2v) is 15.6. The Morgan fingerprint density at radius 1 is 1.04 bits per heavy atom. The van der Waals surface area contributed by atoms with Crippen molar-refractivity contribution in [2.45, 2.75) is 141 Å². The van der Waals surface area contributed by atoms with Gasteiger partial charge in [0.1, 0.15) is 30.2 Å². The summed E-state index contributed by atoms with van der Waals surface area (Å²) in [5.41, 5.74) is -2.32. The van der Waals surface area contributed by atoms with Crippen molar-refractivity contribution in [3.8, 4) is 0 Å². The molecule has 2 aliphatic heterocycles. The third-order valence-corrected chi connectivity index (χ3v) is 11.2. The third-order valence-electron chi connectivity index (χ3n) is 11.2. The maximum atomic E-state index is 14.0. The fourth-order valence-corrected chi connectivity index (χ4v) is 7.89. The molecule has 296 valence electrons. The molecule has 14 atom stereocenters. The number of cyclic esters (lactones) is 1. The number of rotatable bonds is 10. The summed E-state index contributed by atoms with van der Waals surface area (Å²) in [5.74, 6) is -4.94. The predicted molar refractivity (Wildman–Crippen MR) is 194 cm³/mol. The molecule has 1 aromatic rings. The van der Waals surface area contributed by atoms with Gasteiger partial charge in [-0.2, -0.15) is 0 Å². The average Bonchev–Trinajstić information content (AvgIpc) is 3.11. The lowest BCUT2D eigenvalue weighted by Gasteiger charge is -2.48. The van der Waals surface area contributed by atoms with Crippen LogP contribution in [0, 0.1) is 23.7 Å². The van der Waals surface area contributed by atoms with Crippen molar-refractivity contribution in [1.82, 2.24) is 10.2 Å². The lowest BCUT2D eigenvalue weighted by Crippen LogP contribution is -2.60. The van der Waals surface area contributed by atoms with Crippen LogP contribution in [0.2, 0.25) is 0 Å². The Kier molecular flexibility index (Phi) is 15.8. The van der Waals surface area contributed by atoms with E-state index in [1.807, 2.05) is 56.3 Å². The van der Waals surface area contributed by atoms with Crippen molar-refractivity contribution in [3.63, 3.8) is 0 Å². The van der Waals surface area contributed by atoms with Crippen LogP contribution < -0.4 is 5.32 Å². The van der Waals surface area contributed by atoms with Crippen LogP contribution in [-0.2, 0) is 44.6 Å². The second kappa shape index (κ2) is 18.7. The van der Waals surface area contributed by atoms with Crippen LogP contribution >= 0.6 is 0 Å². The van der Waals surface area contributed by atoms with Gasteiger partial charge in [0, 0.05) is 37.5 Å². The third kappa shape index (κ3) is 10.4. The fraction of sp³-hybridized carbons (Fsp3) is 0.769. The van der Waals surface area contributed by atoms with Crippen LogP contribution in [0.15, 0.2) is 30.3 Å². The number of hydrogen-bond acceptors (Lipinski definition) is 12. The number of amides is 1. The van der Waals surface area contributed by atoms with Crippen LogP contribution in [-0.4, -0.2) is 126 Å². The zero-order chi connectivity index (χ0) is 39.1. The monoisotopic (exact) mass is 736 g/mol. The Hall–Kier alpha value is -2.49. The summed E-state index contributed by atoms with van der Waals surface area (Å²) in [7, 11) is 5.23. The summed E-state index contributed by atoms with van der Waals surface area (Å²) < 4.78 is 31.3. The fourth-order valence-electron chi connectivity index (χ4n) is 7.89. The molecule has 0 aromatic heterocycles. The Labute approximate surface area is 309 Å². The van der Waals surface area contributed by atoms with Crippen molar-refractivity contribution < 1.29 is 53.4 Å². The molecule has 52 heavy (non-hydrogen) atoms. The minimum atomic E-state index is -1.97. The molecule has 1 amide bonds. The summed E-state index contributed by atoms with van der Waals surface area (Å²) >= 11 is 0. The molecule has 13 nitrogen and oxygen atoms in total. The van der Waals surface area contributed by atoms with E-state index in [2.05, 4.69) is 5.32 Å². The molecule has 2 saturated heterocycles. The molecule has 1 aromatic carbocycles. The van der Waals surface area contributed by atoms with Crippen molar-refractivity contribution in [3.05, 3.63) is 35.9 Å². The first-order valence-electron chi connectivity index (χ1n) is 18.6. The number of esters is 1. The number of aliphatic hydroxyl groups excluding tert-OH is 2. The maximum Gasteiger partial charge on any atom is 0.311 e. The highest BCUT2D eigenvalue weighted by Gasteiger charge is 2.52. The topological polar surface area (TPSA) is 173 Å². The van der Waals surface area contributed by atoms with Gasteiger partial charge in [0.15, 0.2) is 6.29 Å². The summed E-state index contributed by atoms with van der Waals surface area (Å²) in [6.07, 6.45) is -6.34. The van der Waals surface area contributed by atoms with E-state index in [1.165, 1.54) is 14.0 Å². The number of carbonyl (C=O) groups excluding carboxylic acids is 3. The number of methoxy groups -OCH3 is 1. The summed E-state index contributed by atoms with van der Waals surface area (Å²) in [4.78, 5) is 43.0. The smallest absolute Gasteiger partial charge is 0.311 e. The van der Waals surface area contributed by atoms with Gasteiger partial charge in [-0.05, 0) is 66.6 Å². The number of carbonyl (C=O) groups is 3. The van der Waals surface area contributed by atoms with E-state index in [1.54, 1.807) is 41.5 Å². The Morgan fingerprint density at radius 3 is 2.25 bits per heavy atom. The van der Waals surface area contributed by atoms with E-state index >= 15 is 0 Å². The lowest BCUT2D eigenvalue weighted by atomic mass is 9.74. The molecular formula is C39H64N2O11. The van der Waals surface area contributed by atoms with Crippen LogP contribution in [0.5, 0.6) is 0 Å². The highest BCUT2D eigenvalue weighted by Crippen LogP contribution is 2.40. The van der Waals surface area contributed by atoms with Gasteiger partial charge in [-0.1, -0.05) is 58.0 Å². The molecule has 3 rings (SSSR count). The molecule has 0 saturated carbocycles. The van der Waals surface area contributed by atoms with Gasteiger partial charge in [-0.25, -0.2) is 0 Å². The number of Topliss-reactive ketones (excluding diaryl/α,β-unsaturated/α-hetero) is 1.